The number of benzene rings is 2. The normalized spacial score (nSPS) is 24.6. The molecule has 1 aliphatic heterocycles. The van der Waals surface area contributed by atoms with E-state index < -0.39 is 0 Å². The van der Waals surface area contributed by atoms with Crippen LogP contribution in [0.5, 0.6) is 0 Å². The van der Waals surface area contributed by atoms with Gasteiger partial charge in [0.1, 0.15) is 5.69 Å². The molecule has 3 aromatic rings. The van der Waals surface area contributed by atoms with Gasteiger partial charge in [0, 0.05) is 19.4 Å². The molecule has 0 amide bonds. The summed E-state index contributed by atoms with van der Waals surface area (Å²) in [5, 5.41) is 0. The van der Waals surface area contributed by atoms with Crippen molar-refractivity contribution < 1.29 is 4.68 Å². The lowest BCUT2D eigenvalue weighted by atomic mass is 9.63. The Morgan fingerprint density at radius 3 is 2.32 bits per heavy atom. The van der Waals surface area contributed by atoms with Gasteiger partial charge in [0.05, 0.1) is 11.6 Å². The van der Waals surface area contributed by atoms with Gasteiger partial charge in [-0.2, -0.15) is 0 Å². The Labute approximate surface area is 150 Å². The molecule has 0 saturated heterocycles. The van der Waals surface area contributed by atoms with E-state index in [0.29, 0.717) is 0 Å². The molecule has 0 saturated carbocycles. The van der Waals surface area contributed by atoms with Crippen LogP contribution in [0.15, 0.2) is 67.0 Å². The van der Waals surface area contributed by atoms with Gasteiger partial charge < -0.3 is 0 Å². The minimum atomic E-state index is 0.0620. The van der Waals surface area contributed by atoms with Crippen LogP contribution in [0.3, 0.4) is 0 Å². The first-order valence-corrected chi connectivity index (χ1v) is 9.35. The lowest BCUT2D eigenvalue weighted by molar-refractivity contribution is -0.836. The summed E-state index contributed by atoms with van der Waals surface area (Å²) in [5.74, 6) is 0. The van der Waals surface area contributed by atoms with Crippen molar-refractivity contribution in [2.75, 3.05) is 0 Å². The molecule has 2 aromatic carbocycles. The van der Waals surface area contributed by atoms with Crippen LogP contribution in [0.1, 0.15) is 46.1 Å². The highest BCUT2D eigenvalue weighted by Gasteiger charge is 2.56. The average Bonchev–Trinajstić information content (AvgIpc) is 3.17. The Kier molecular flexibility index (Phi) is 3.61. The average molecular weight is 331 g/mol. The molecule has 0 bridgehead atoms. The van der Waals surface area contributed by atoms with E-state index in [1.165, 1.54) is 22.4 Å². The minimum absolute atomic E-state index is 0.0620. The van der Waals surface area contributed by atoms with Crippen molar-refractivity contribution in [3.63, 3.8) is 0 Å². The van der Waals surface area contributed by atoms with Crippen molar-refractivity contribution in [3.05, 3.63) is 72.6 Å². The molecule has 2 heterocycles. The predicted octanol–water partition coefficient (Wildman–Crippen LogP) is 5.24. The topological polar surface area (TPSA) is 8.81 Å². The minimum Gasteiger partial charge on any atom is -0.128 e. The van der Waals surface area contributed by atoms with Crippen LogP contribution in [0.25, 0.3) is 16.8 Å². The van der Waals surface area contributed by atoms with Crippen molar-refractivity contribution in [2.24, 2.45) is 0 Å². The highest BCUT2D eigenvalue weighted by molar-refractivity contribution is 5.68. The summed E-state index contributed by atoms with van der Waals surface area (Å²) in [5.41, 5.74) is 5.47. The molecular formula is C23H27N2+. The van der Waals surface area contributed by atoms with Crippen molar-refractivity contribution >= 4 is 0 Å². The van der Waals surface area contributed by atoms with Gasteiger partial charge >= 0.3 is 0 Å². The fraction of sp³-hybridized carbons (Fsp3) is 0.348. The largest absolute Gasteiger partial charge is 0.198 e. The van der Waals surface area contributed by atoms with Gasteiger partial charge in [-0.25, -0.2) is 0 Å². The summed E-state index contributed by atoms with van der Waals surface area (Å²) in [6.45, 7) is 9.46. The second kappa shape index (κ2) is 5.59. The molecule has 4 rings (SSSR count). The van der Waals surface area contributed by atoms with Gasteiger partial charge in [0.15, 0.2) is 11.7 Å². The summed E-state index contributed by atoms with van der Waals surface area (Å²) in [7, 11) is 0. The van der Waals surface area contributed by atoms with Gasteiger partial charge in [-0.05, 0) is 36.1 Å². The molecule has 1 aromatic heterocycles. The van der Waals surface area contributed by atoms with E-state index in [1.54, 1.807) is 0 Å². The monoisotopic (exact) mass is 331 g/mol. The third-order valence-electron chi connectivity index (χ3n) is 6.72. The number of hydrogen-bond donors (Lipinski definition) is 0. The number of nitrogens with zero attached hydrogens (tertiary/aromatic N) is 2. The van der Waals surface area contributed by atoms with E-state index in [2.05, 4.69) is 104 Å². The van der Waals surface area contributed by atoms with Crippen LogP contribution in [-0.2, 0) is 11.0 Å². The molecule has 0 radical (unpaired) electrons. The zero-order valence-electron chi connectivity index (χ0n) is 15.7. The second-order valence-electron chi connectivity index (χ2n) is 7.59. The fourth-order valence-corrected chi connectivity index (χ4v) is 4.61. The quantitative estimate of drug-likeness (QED) is 0.581. The fourth-order valence-electron chi connectivity index (χ4n) is 4.61. The molecule has 25 heavy (non-hydrogen) atoms. The summed E-state index contributed by atoms with van der Waals surface area (Å²) >= 11 is 0. The van der Waals surface area contributed by atoms with E-state index in [1.807, 2.05) is 0 Å². The highest BCUT2D eigenvalue weighted by Crippen LogP contribution is 2.47. The first-order valence-electron chi connectivity index (χ1n) is 9.35. The van der Waals surface area contributed by atoms with Gasteiger partial charge in [-0.1, -0.05) is 56.3 Å². The SMILES string of the molecule is CCC1(C)c2ccc(-c3ccccc3)cc2-n2ccc[n+]2C1(C)CC. The molecule has 0 spiro atoms. The smallest absolute Gasteiger partial charge is 0.128 e. The third-order valence-corrected chi connectivity index (χ3v) is 6.72. The Morgan fingerprint density at radius 1 is 0.880 bits per heavy atom. The Morgan fingerprint density at radius 2 is 1.64 bits per heavy atom. The van der Waals surface area contributed by atoms with E-state index in [4.69, 9.17) is 0 Å². The Balaban J connectivity index is 1.99. The first kappa shape index (κ1) is 16.1. The molecule has 128 valence electrons. The lowest BCUT2D eigenvalue weighted by Crippen LogP contribution is -2.70. The van der Waals surface area contributed by atoms with Gasteiger partial charge in [0.2, 0.25) is 0 Å². The highest BCUT2D eigenvalue weighted by atomic mass is 15.4. The first-order chi connectivity index (χ1) is 12.0. The second-order valence-corrected chi connectivity index (χ2v) is 7.59. The molecule has 0 fully saturated rings. The number of fused-ring (bicyclic) bond motifs is 3. The van der Waals surface area contributed by atoms with E-state index >= 15 is 0 Å². The van der Waals surface area contributed by atoms with Crippen LogP contribution in [0.4, 0.5) is 0 Å². The van der Waals surface area contributed by atoms with E-state index in [0.717, 1.165) is 12.8 Å². The van der Waals surface area contributed by atoms with Gasteiger partial charge in [0.25, 0.3) is 0 Å². The Hall–Kier alpha value is -2.35. The molecule has 2 nitrogen and oxygen atoms in total. The zero-order chi connectivity index (χ0) is 17.7. The molecule has 0 N–H and O–H groups in total. The molecular weight excluding hydrogens is 304 g/mol. The van der Waals surface area contributed by atoms with Crippen LogP contribution in [-0.4, -0.2) is 4.68 Å². The standard InChI is InChI=1S/C23H27N2/c1-5-22(3)20-14-13-19(18-11-8-7-9-12-18)17-21(20)24-15-10-16-25(24)23(22,4)6-2/h7-17H,5-6H2,1-4H3/q+1. The van der Waals surface area contributed by atoms with Crippen LogP contribution >= 0.6 is 0 Å². The van der Waals surface area contributed by atoms with Gasteiger partial charge in [-0.15, -0.1) is 9.36 Å². The molecule has 2 heteroatoms. The maximum Gasteiger partial charge on any atom is 0.198 e. The number of rotatable bonds is 3. The molecule has 0 aliphatic carbocycles. The maximum absolute atomic E-state index is 2.44. The number of aromatic nitrogens is 2. The van der Waals surface area contributed by atoms with Crippen molar-refractivity contribution in [3.8, 4) is 16.8 Å². The summed E-state index contributed by atoms with van der Waals surface area (Å²) in [6.07, 6.45) is 6.64. The maximum atomic E-state index is 2.44. The summed E-state index contributed by atoms with van der Waals surface area (Å²) < 4.78 is 4.77. The van der Waals surface area contributed by atoms with Crippen molar-refractivity contribution in [1.29, 1.82) is 0 Å². The van der Waals surface area contributed by atoms with Crippen molar-refractivity contribution in [2.45, 2.75) is 51.5 Å². The summed E-state index contributed by atoms with van der Waals surface area (Å²) in [4.78, 5) is 0. The molecule has 1 aliphatic rings. The van der Waals surface area contributed by atoms with Crippen LogP contribution < -0.4 is 4.68 Å². The Bertz CT molecular complexity index is 909. The zero-order valence-corrected chi connectivity index (χ0v) is 15.7. The third kappa shape index (κ3) is 2.06. The van der Waals surface area contributed by atoms with Crippen LogP contribution in [0, 0.1) is 0 Å². The predicted molar refractivity (Wildman–Crippen MR) is 103 cm³/mol. The lowest BCUT2D eigenvalue weighted by Gasteiger charge is -2.45. The summed E-state index contributed by atoms with van der Waals surface area (Å²) in [6, 6.07) is 19.8. The van der Waals surface area contributed by atoms with Gasteiger partial charge in [-0.3, -0.25) is 0 Å². The van der Waals surface area contributed by atoms with Crippen LogP contribution in [0.2, 0.25) is 0 Å². The molecule has 2 unspecified atom stereocenters. The van der Waals surface area contributed by atoms with Crippen molar-refractivity contribution in [1.82, 2.24) is 4.68 Å². The number of hydrogen-bond acceptors (Lipinski definition) is 0. The van der Waals surface area contributed by atoms with E-state index in [9.17, 15) is 0 Å². The molecule has 2 atom stereocenters. The van der Waals surface area contributed by atoms with E-state index in [-0.39, 0.29) is 11.0 Å².